The maximum atomic E-state index is 13.2. The van der Waals surface area contributed by atoms with Gasteiger partial charge in [-0.2, -0.15) is 0 Å². The number of amides is 2. The minimum absolute atomic E-state index is 0.0130. The quantitative estimate of drug-likeness (QED) is 0.848. The number of carbonyl (C=O) groups excluding carboxylic acids is 2. The van der Waals surface area contributed by atoms with Gasteiger partial charge in [-0.25, -0.2) is 4.39 Å². The van der Waals surface area contributed by atoms with E-state index in [2.05, 4.69) is 0 Å². The normalized spacial score (nSPS) is 14.6. The molecule has 1 fully saturated rings. The Balaban J connectivity index is 1.82. The lowest BCUT2D eigenvalue weighted by Crippen LogP contribution is -2.50. The van der Waals surface area contributed by atoms with Crippen LogP contribution < -0.4 is 0 Å². The van der Waals surface area contributed by atoms with Gasteiger partial charge in [0.15, 0.2) is 0 Å². The average molecular weight is 357 g/mol. The van der Waals surface area contributed by atoms with Gasteiger partial charge in [0.05, 0.1) is 0 Å². The number of piperazine rings is 1. The number of carbonyl (C=O) groups is 2. The smallest absolute Gasteiger partial charge is 0.270 e. The summed E-state index contributed by atoms with van der Waals surface area (Å²) in [6, 6.07) is 8.35. The number of hydrogen-bond acceptors (Lipinski definition) is 2. The van der Waals surface area contributed by atoms with E-state index in [4.69, 9.17) is 0 Å². The van der Waals surface area contributed by atoms with E-state index in [1.54, 1.807) is 24.0 Å². The Labute approximate surface area is 153 Å². The molecule has 0 atom stereocenters. The largest absolute Gasteiger partial charge is 0.339 e. The molecule has 1 aromatic heterocycles. The molecule has 0 aliphatic carbocycles. The second-order valence-electron chi connectivity index (χ2n) is 6.83. The molecular weight excluding hydrogens is 333 g/mol. The number of halogens is 1. The molecule has 1 aromatic carbocycles. The van der Waals surface area contributed by atoms with Crippen LogP contribution in [0.2, 0.25) is 0 Å². The molecule has 6 heteroatoms. The lowest BCUT2D eigenvalue weighted by Gasteiger charge is -2.34. The molecule has 0 unspecified atom stereocenters. The molecule has 0 saturated carbocycles. The van der Waals surface area contributed by atoms with Gasteiger partial charge >= 0.3 is 0 Å². The van der Waals surface area contributed by atoms with Crippen LogP contribution in [0.3, 0.4) is 0 Å². The van der Waals surface area contributed by atoms with Gasteiger partial charge in [-0.3, -0.25) is 9.59 Å². The summed E-state index contributed by atoms with van der Waals surface area (Å²) >= 11 is 0. The van der Waals surface area contributed by atoms with Crippen LogP contribution in [-0.4, -0.2) is 52.4 Å². The molecular formula is C20H24FN3O2. The highest BCUT2D eigenvalue weighted by atomic mass is 19.1. The second-order valence-corrected chi connectivity index (χ2v) is 6.83. The molecule has 3 rings (SSSR count). The number of nitrogens with zero attached hydrogens (tertiary/aromatic N) is 3. The molecule has 2 amide bonds. The molecule has 0 radical (unpaired) electrons. The first kappa shape index (κ1) is 18.2. The van der Waals surface area contributed by atoms with Crippen molar-refractivity contribution in [2.75, 3.05) is 26.2 Å². The summed E-state index contributed by atoms with van der Waals surface area (Å²) in [6.45, 7) is 8.20. The van der Waals surface area contributed by atoms with Gasteiger partial charge in [0.25, 0.3) is 5.91 Å². The lowest BCUT2D eigenvalue weighted by molar-refractivity contribution is -0.130. The van der Waals surface area contributed by atoms with Gasteiger partial charge in [0, 0.05) is 45.3 Å². The molecule has 1 aliphatic rings. The summed E-state index contributed by atoms with van der Waals surface area (Å²) in [5.41, 5.74) is 3.55. The monoisotopic (exact) mass is 357 g/mol. The van der Waals surface area contributed by atoms with E-state index in [1.807, 2.05) is 29.4 Å². The van der Waals surface area contributed by atoms with Gasteiger partial charge in [-0.15, -0.1) is 0 Å². The van der Waals surface area contributed by atoms with Crippen molar-refractivity contribution in [3.8, 4) is 0 Å². The standard InChI is InChI=1S/C20H24FN3O2/c1-14-12-15(2)24(13-17-4-6-18(21)7-5-17)19(14)20(26)23-10-8-22(9-11-23)16(3)25/h4-7,12H,8-11,13H2,1-3H3. The van der Waals surface area contributed by atoms with Crippen molar-refractivity contribution < 1.29 is 14.0 Å². The fraction of sp³-hybridized carbons (Fsp3) is 0.400. The summed E-state index contributed by atoms with van der Waals surface area (Å²) < 4.78 is 15.1. The molecule has 2 heterocycles. The third-order valence-corrected chi connectivity index (χ3v) is 4.96. The van der Waals surface area contributed by atoms with Crippen LogP contribution in [-0.2, 0) is 11.3 Å². The number of aryl methyl sites for hydroxylation is 2. The lowest BCUT2D eigenvalue weighted by atomic mass is 10.2. The Morgan fingerprint density at radius 1 is 1.00 bits per heavy atom. The predicted octanol–water partition coefficient (Wildman–Crippen LogP) is 2.60. The van der Waals surface area contributed by atoms with Crippen molar-refractivity contribution in [2.24, 2.45) is 0 Å². The summed E-state index contributed by atoms with van der Waals surface area (Å²) in [6.07, 6.45) is 0. The van der Waals surface area contributed by atoms with Crippen LogP contribution in [0.4, 0.5) is 4.39 Å². The van der Waals surface area contributed by atoms with Crippen LogP contribution in [0.25, 0.3) is 0 Å². The molecule has 1 aliphatic heterocycles. The van der Waals surface area contributed by atoms with Crippen molar-refractivity contribution in [2.45, 2.75) is 27.3 Å². The fourth-order valence-electron chi connectivity index (χ4n) is 3.48. The van der Waals surface area contributed by atoms with E-state index >= 15 is 0 Å². The molecule has 26 heavy (non-hydrogen) atoms. The van der Waals surface area contributed by atoms with Gasteiger partial charge < -0.3 is 14.4 Å². The maximum Gasteiger partial charge on any atom is 0.270 e. The van der Waals surface area contributed by atoms with Crippen LogP contribution in [0, 0.1) is 19.7 Å². The molecule has 5 nitrogen and oxygen atoms in total. The van der Waals surface area contributed by atoms with E-state index in [0.717, 1.165) is 16.8 Å². The zero-order chi connectivity index (χ0) is 18.8. The Morgan fingerprint density at radius 3 is 2.15 bits per heavy atom. The molecule has 2 aromatic rings. The first-order valence-corrected chi connectivity index (χ1v) is 8.83. The first-order valence-electron chi connectivity index (χ1n) is 8.83. The zero-order valence-electron chi connectivity index (χ0n) is 15.5. The summed E-state index contributed by atoms with van der Waals surface area (Å²) in [4.78, 5) is 28.2. The van der Waals surface area contributed by atoms with Crippen molar-refractivity contribution in [1.29, 1.82) is 0 Å². The highest BCUT2D eigenvalue weighted by Crippen LogP contribution is 2.20. The van der Waals surface area contributed by atoms with E-state index in [9.17, 15) is 14.0 Å². The Hall–Kier alpha value is -2.63. The van der Waals surface area contributed by atoms with Crippen LogP contribution in [0.5, 0.6) is 0 Å². The first-order chi connectivity index (χ1) is 12.4. The molecule has 138 valence electrons. The summed E-state index contributed by atoms with van der Waals surface area (Å²) in [5.74, 6) is -0.237. The SMILES string of the molecule is CC(=O)N1CCN(C(=O)c2c(C)cc(C)n2Cc2ccc(F)cc2)CC1. The molecule has 0 bridgehead atoms. The van der Waals surface area contributed by atoms with Gasteiger partial charge in [-0.1, -0.05) is 12.1 Å². The van der Waals surface area contributed by atoms with Crippen LogP contribution in [0.15, 0.2) is 30.3 Å². The number of benzene rings is 1. The highest BCUT2D eigenvalue weighted by Gasteiger charge is 2.27. The number of rotatable bonds is 3. The minimum Gasteiger partial charge on any atom is -0.339 e. The Bertz CT molecular complexity index is 818. The van der Waals surface area contributed by atoms with Crippen LogP contribution in [0.1, 0.15) is 34.2 Å². The van der Waals surface area contributed by atoms with E-state index < -0.39 is 0 Å². The Morgan fingerprint density at radius 2 is 1.58 bits per heavy atom. The summed E-state index contributed by atoms with van der Waals surface area (Å²) in [7, 11) is 0. The van der Waals surface area contributed by atoms with Crippen molar-refractivity contribution in [1.82, 2.24) is 14.4 Å². The van der Waals surface area contributed by atoms with Gasteiger partial charge in [0.2, 0.25) is 5.91 Å². The highest BCUT2D eigenvalue weighted by molar-refractivity contribution is 5.94. The molecule has 0 N–H and O–H groups in total. The van der Waals surface area contributed by atoms with Gasteiger partial charge in [-0.05, 0) is 43.2 Å². The third kappa shape index (κ3) is 3.64. The van der Waals surface area contributed by atoms with Crippen molar-refractivity contribution in [3.63, 3.8) is 0 Å². The second kappa shape index (κ2) is 7.32. The fourth-order valence-corrected chi connectivity index (χ4v) is 3.48. The predicted molar refractivity (Wildman–Crippen MR) is 97.6 cm³/mol. The van der Waals surface area contributed by atoms with E-state index in [0.29, 0.717) is 38.4 Å². The molecule has 0 spiro atoms. The third-order valence-electron chi connectivity index (χ3n) is 4.96. The van der Waals surface area contributed by atoms with Gasteiger partial charge in [0.1, 0.15) is 11.5 Å². The van der Waals surface area contributed by atoms with Crippen molar-refractivity contribution >= 4 is 11.8 Å². The van der Waals surface area contributed by atoms with Crippen LogP contribution >= 0.6 is 0 Å². The Kier molecular flexibility index (Phi) is 5.11. The minimum atomic E-state index is -0.270. The summed E-state index contributed by atoms with van der Waals surface area (Å²) in [5, 5.41) is 0. The van der Waals surface area contributed by atoms with Crippen molar-refractivity contribution in [3.05, 3.63) is 58.7 Å². The molecule has 1 saturated heterocycles. The zero-order valence-corrected chi connectivity index (χ0v) is 15.5. The topological polar surface area (TPSA) is 45.6 Å². The van der Waals surface area contributed by atoms with E-state index in [1.165, 1.54) is 12.1 Å². The maximum absolute atomic E-state index is 13.2. The number of hydrogen-bond donors (Lipinski definition) is 0. The van der Waals surface area contributed by atoms with E-state index in [-0.39, 0.29) is 17.6 Å². The average Bonchev–Trinajstić information content (AvgIpc) is 2.89. The number of aromatic nitrogens is 1.